The standard InChI is InChI=1S/C22H23ClN4O4S/c1-30-19-9-6-16(14-17(19)23)24-22-10-7-18(25-26-22)15-5-8-20(31-2)21(13-15)32(28,29)27-11-3-4-12-27/h5-10,13-14H,3-4,11-12H2,1-2H3,(H,24,26). The quantitative estimate of drug-likeness (QED) is 0.544. The number of aromatic nitrogens is 2. The first-order chi connectivity index (χ1) is 15.4. The SMILES string of the molecule is COc1ccc(Nc2ccc(-c3ccc(OC)c(S(=O)(=O)N4CCCC4)c3)nn2)cc1Cl. The molecule has 8 nitrogen and oxygen atoms in total. The fourth-order valence-electron chi connectivity index (χ4n) is 3.55. The van der Waals surface area contributed by atoms with Gasteiger partial charge in [-0.15, -0.1) is 10.2 Å². The maximum Gasteiger partial charge on any atom is 0.246 e. The van der Waals surface area contributed by atoms with Gasteiger partial charge in [0.2, 0.25) is 10.0 Å². The molecule has 1 fully saturated rings. The Morgan fingerprint density at radius 1 is 0.938 bits per heavy atom. The summed E-state index contributed by atoms with van der Waals surface area (Å²) in [6, 6.07) is 13.8. The molecule has 1 N–H and O–H groups in total. The van der Waals surface area contributed by atoms with Crippen LogP contribution in [0.25, 0.3) is 11.3 Å². The summed E-state index contributed by atoms with van der Waals surface area (Å²) in [6.07, 6.45) is 1.72. The fraction of sp³-hybridized carbons (Fsp3) is 0.273. The normalized spacial score (nSPS) is 14.3. The van der Waals surface area contributed by atoms with Crippen LogP contribution in [0.1, 0.15) is 12.8 Å². The molecule has 1 saturated heterocycles. The molecule has 2 heterocycles. The topological polar surface area (TPSA) is 93.6 Å². The number of hydrogen-bond donors (Lipinski definition) is 1. The Hall–Kier alpha value is -2.88. The number of rotatable bonds is 7. The number of methoxy groups -OCH3 is 2. The van der Waals surface area contributed by atoms with Crippen LogP contribution in [0.4, 0.5) is 11.5 Å². The second-order valence-electron chi connectivity index (χ2n) is 7.25. The van der Waals surface area contributed by atoms with Crippen LogP contribution in [0.5, 0.6) is 11.5 Å². The number of sulfonamides is 1. The Bertz CT molecular complexity index is 1210. The summed E-state index contributed by atoms with van der Waals surface area (Å²) in [5.41, 5.74) is 1.92. The van der Waals surface area contributed by atoms with Crippen LogP contribution in [0.2, 0.25) is 5.02 Å². The van der Waals surface area contributed by atoms with E-state index in [9.17, 15) is 8.42 Å². The number of hydrogen-bond acceptors (Lipinski definition) is 7. The third kappa shape index (κ3) is 4.50. The lowest BCUT2D eigenvalue weighted by Crippen LogP contribution is -2.28. The van der Waals surface area contributed by atoms with Crippen molar-refractivity contribution in [1.29, 1.82) is 0 Å². The highest BCUT2D eigenvalue weighted by Gasteiger charge is 2.30. The summed E-state index contributed by atoms with van der Waals surface area (Å²) in [5, 5.41) is 12.1. The largest absolute Gasteiger partial charge is 0.495 e. The molecule has 0 radical (unpaired) electrons. The zero-order valence-corrected chi connectivity index (χ0v) is 19.3. The molecule has 0 saturated carbocycles. The smallest absolute Gasteiger partial charge is 0.246 e. The van der Waals surface area contributed by atoms with Crippen molar-refractivity contribution in [2.45, 2.75) is 17.7 Å². The summed E-state index contributed by atoms with van der Waals surface area (Å²) in [5.74, 6) is 1.41. The van der Waals surface area contributed by atoms with E-state index in [2.05, 4.69) is 15.5 Å². The van der Waals surface area contributed by atoms with Gasteiger partial charge in [0, 0.05) is 24.3 Å². The van der Waals surface area contributed by atoms with Crippen molar-refractivity contribution in [2.24, 2.45) is 0 Å². The lowest BCUT2D eigenvalue weighted by molar-refractivity contribution is 0.398. The molecule has 4 rings (SSSR count). The molecule has 168 valence electrons. The van der Waals surface area contributed by atoms with E-state index < -0.39 is 10.0 Å². The number of anilines is 2. The van der Waals surface area contributed by atoms with E-state index >= 15 is 0 Å². The lowest BCUT2D eigenvalue weighted by atomic mass is 10.1. The van der Waals surface area contributed by atoms with Gasteiger partial charge in [0.25, 0.3) is 0 Å². The van der Waals surface area contributed by atoms with Gasteiger partial charge in [-0.25, -0.2) is 8.42 Å². The van der Waals surface area contributed by atoms with Gasteiger partial charge in [-0.05, 0) is 61.4 Å². The minimum atomic E-state index is -3.65. The van der Waals surface area contributed by atoms with Crippen molar-refractivity contribution in [3.8, 4) is 22.8 Å². The first-order valence-corrected chi connectivity index (χ1v) is 11.9. The van der Waals surface area contributed by atoms with Gasteiger partial charge in [-0.3, -0.25) is 0 Å². The predicted molar refractivity (Wildman–Crippen MR) is 123 cm³/mol. The molecule has 32 heavy (non-hydrogen) atoms. The molecule has 2 aromatic carbocycles. The van der Waals surface area contributed by atoms with Gasteiger partial charge >= 0.3 is 0 Å². The van der Waals surface area contributed by atoms with Crippen LogP contribution >= 0.6 is 11.6 Å². The summed E-state index contributed by atoms with van der Waals surface area (Å²) >= 11 is 6.16. The molecule has 3 aromatic rings. The van der Waals surface area contributed by atoms with Crippen molar-refractivity contribution in [1.82, 2.24) is 14.5 Å². The zero-order chi connectivity index (χ0) is 22.7. The van der Waals surface area contributed by atoms with Crippen molar-refractivity contribution >= 4 is 33.1 Å². The third-order valence-electron chi connectivity index (χ3n) is 5.23. The number of benzene rings is 2. The van der Waals surface area contributed by atoms with Crippen molar-refractivity contribution in [2.75, 3.05) is 32.6 Å². The van der Waals surface area contributed by atoms with E-state index in [4.69, 9.17) is 21.1 Å². The Labute approximate surface area is 192 Å². The molecule has 0 bridgehead atoms. The molecule has 1 aliphatic heterocycles. The fourth-order valence-corrected chi connectivity index (χ4v) is 5.51. The van der Waals surface area contributed by atoms with Gasteiger partial charge in [0.15, 0.2) is 5.82 Å². The lowest BCUT2D eigenvalue weighted by Gasteiger charge is -2.18. The first kappa shape index (κ1) is 22.3. The van der Waals surface area contributed by atoms with Crippen LogP contribution in [0.3, 0.4) is 0 Å². The number of ether oxygens (including phenoxy) is 2. The Morgan fingerprint density at radius 2 is 1.66 bits per heavy atom. The molecule has 0 aliphatic carbocycles. The maximum absolute atomic E-state index is 13.1. The molecule has 1 aromatic heterocycles. The maximum atomic E-state index is 13.1. The molecule has 0 spiro atoms. The number of nitrogens with zero attached hydrogens (tertiary/aromatic N) is 3. The van der Waals surface area contributed by atoms with E-state index in [0.29, 0.717) is 46.7 Å². The van der Waals surface area contributed by atoms with Crippen molar-refractivity contribution in [3.05, 3.63) is 53.6 Å². The second kappa shape index (κ2) is 9.32. The molecule has 10 heteroatoms. The van der Waals surface area contributed by atoms with Gasteiger partial charge in [0.1, 0.15) is 16.4 Å². The van der Waals surface area contributed by atoms with Crippen LogP contribution in [0, 0.1) is 0 Å². The van der Waals surface area contributed by atoms with Crippen molar-refractivity contribution in [3.63, 3.8) is 0 Å². The Kier molecular flexibility index (Phi) is 6.50. The Morgan fingerprint density at radius 3 is 2.28 bits per heavy atom. The monoisotopic (exact) mass is 474 g/mol. The van der Waals surface area contributed by atoms with Gasteiger partial charge < -0.3 is 14.8 Å². The Balaban J connectivity index is 1.59. The average Bonchev–Trinajstić information content (AvgIpc) is 3.35. The van der Waals surface area contributed by atoms with E-state index in [-0.39, 0.29) is 4.90 Å². The van der Waals surface area contributed by atoms with Crippen LogP contribution in [-0.4, -0.2) is 50.2 Å². The molecular formula is C22H23ClN4O4S. The highest BCUT2D eigenvalue weighted by molar-refractivity contribution is 7.89. The highest BCUT2D eigenvalue weighted by Crippen LogP contribution is 2.33. The molecular weight excluding hydrogens is 452 g/mol. The number of halogens is 1. The summed E-state index contributed by atoms with van der Waals surface area (Å²) in [7, 11) is -0.629. The highest BCUT2D eigenvalue weighted by atomic mass is 35.5. The summed E-state index contributed by atoms with van der Waals surface area (Å²) in [4.78, 5) is 0.135. The van der Waals surface area contributed by atoms with E-state index in [1.54, 1.807) is 49.6 Å². The predicted octanol–water partition coefficient (Wildman–Crippen LogP) is 4.34. The van der Waals surface area contributed by atoms with Crippen molar-refractivity contribution < 1.29 is 17.9 Å². The van der Waals surface area contributed by atoms with Crippen LogP contribution in [-0.2, 0) is 10.0 Å². The number of nitrogens with one attached hydrogen (secondary N) is 1. The molecule has 0 amide bonds. The van der Waals surface area contributed by atoms with E-state index in [1.165, 1.54) is 11.4 Å². The first-order valence-electron chi connectivity index (χ1n) is 10.1. The van der Waals surface area contributed by atoms with E-state index in [1.807, 2.05) is 6.07 Å². The minimum Gasteiger partial charge on any atom is -0.495 e. The zero-order valence-electron chi connectivity index (χ0n) is 17.7. The molecule has 1 aliphatic rings. The van der Waals surface area contributed by atoms with Crippen LogP contribution in [0.15, 0.2) is 53.4 Å². The second-order valence-corrected chi connectivity index (χ2v) is 9.57. The van der Waals surface area contributed by atoms with Gasteiger partial charge in [-0.2, -0.15) is 4.31 Å². The molecule has 0 unspecified atom stereocenters. The third-order valence-corrected chi connectivity index (χ3v) is 7.45. The van der Waals surface area contributed by atoms with Crippen LogP contribution < -0.4 is 14.8 Å². The van der Waals surface area contributed by atoms with Gasteiger partial charge in [0.05, 0.1) is 24.9 Å². The average molecular weight is 475 g/mol. The minimum absolute atomic E-state index is 0.135. The van der Waals surface area contributed by atoms with E-state index in [0.717, 1.165) is 18.5 Å². The van der Waals surface area contributed by atoms with Gasteiger partial charge in [-0.1, -0.05) is 11.6 Å². The summed E-state index contributed by atoms with van der Waals surface area (Å²) < 4.78 is 38.2. The molecule has 0 atom stereocenters. The summed E-state index contributed by atoms with van der Waals surface area (Å²) in [6.45, 7) is 1.04.